The number of nitrogens with two attached hydrogens (primary N) is 2. The molecule has 0 saturated heterocycles. The Morgan fingerprint density at radius 2 is 1.68 bits per heavy atom. The minimum atomic E-state index is -0.460. The molecular weight excluding hydrogens is 304 g/mol. The normalized spacial score (nSPS) is 10.4. The van der Waals surface area contributed by atoms with Gasteiger partial charge in [0.05, 0.1) is 11.8 Å². The summed E-state index contributed by atoms with van der Waals surface area (Å²) in [4.78, 5) is 11.9. The Kier molecular flexibility index (Phi) is 5.11. The number of nitrogens with zero attached hydrogens (tertiary/aromatic N) is 2. The Hall–Kier alpha value is -2.86. The molecule has 0 saturated carbocycles. The van der Waals surface area contributed by atoms with E-state index in [4.69, 9.17) is 27.8 Å². The first-order valence-electron chi connectivity index (χ1n) is 6.24. The van der Waals surface area contributed by atoms with Gasteiger partial charge in [-0.05, 0) is 54.1 Å². The molecule has 0 heterocycles. The van der Waals surface area contributed by atoms with Crippen LogP contribution in [0.3, 0.4) is 0 Å². The number of carbonyl (C=O) groups excluding carboxylic acids is 1. The molecular formula is C15H13ClN4O2. The topological polar surface area (TPSA) is 103 Å². The van der Waals surface area contributed by atoms with E-state index in [-0.39, 0.29) is 5.96 Å². The fraction of sp³-hybridized carbons (Fsp3) is 0. The van der Waals surface area contributed by atoms with Crippen LogP contribution < -0.4 is 16.2 Å². The first-order chi connectivity index (χ1) is 10.5. The maximum atomic E-state index is 11.9. The van der Waals surface area contributed by atoms with Crippen molar-refractivity contribution in [3.8, 4) is 5.75 Å². The van der Waals surface area contributed by atoms with E-state index in [1.807, 2.05) is 0 Å². The summed E-state index contributed by atoms with van der Waals surface area (Å²) >= 11 is 5.77. The monoisotopic (exact) mass is 316 g/mol. The Balaban J connectivity index is 2.02. The summed E-state index contributed by atoms with van der Waals surface area (Å²) in [7, 11) is 0. The third-order valence-corrected chi connectivity index (χ3v) is 2.80. The average molecular weight is 317 g/mol. The lowest BCUT2D eigenvalue weighted by Gasteiger charge is -2.04. The third-order valence-electron chi connectivity index (χ3n) is 2.55. The van der Waals surface area contributed by atoms with Crippen molar-refractivity contribution in [2.45, 2.75) is 0 Å². The highest BCUT2D eigenvalue weighted by Gasteiger charge is 2.08. The van der Waals surface area contributed by atoms with E-state index in [0.29, 0.717) is 16.3 Å². The van der Waals surface area contributed by atoms with E-state index >= 15 is 0 Å². The van der Waals surface area contributed by atoms with Crippen molar-refractivity contribution >= 4 is 29.7 Å². The lowest BCUT2D eigenvalue weighted by atomic mass is 10.2. The van der Waals surface area contributed by atoms with Gasteiger partial charge in [-0.2, -0.15) is 5.10 Å². The van der Waals surface area contributed by atoms with E-state index in [1.54, 1.807) is 48.5 Å². The molecule has 2 aromatic carbocycles. The highest BCUT2D eigenvalue weighted by molar-refractivity contribution is 6.30. The number of guanidine groups is 1. The van der Waals surface area contributed by atoms with Gasteiger partial charge in [0.25, 0.3) is 0 Å². The van der Waals surface area contributed by atoms with E-state index < -0.39 is 5.97 Å². The molecule has 0 amide bonds. The maximum Gasteiger partial charge on any atom is 0.343 e. The molecule has 2 aromatic rings. The molecule has 7 heteroatoms. The second-order valence-corrected chi connectivity index (χ2v) is 4.67. The van der Waals surface area contributed by atoms with Crippen LogP contribution in [-0.2, 0) is 0 Å². The number of hydrogen-bond donors (Lipinski definition) is 2. The average Bonchev–Trinajstić information content (AvgIpc) is 2.49. The first-order valence-corrected chi connectivity index (χ1v) is 6.62. The second-order valence-electron chi connectivity index (χ2n) is 4.23. The molecule has 0 aromatic heterocycles. The summed E-state index contributed by atoms with van der Waals surface area (Å²) in [5.41, 5.74) is 11.5. The van der Waals surface area contributed by atoms with Crippen LogP contribution >= 0.6 is 11.6 Å². The molecule has 0 aliphatic carbocycles. The Morgan fingerprint density at radius 1 is 1.05 bits per heavy atom. The molecule has 112 valence electrons. The number of rotatable bonds is 4. The van der Waals surface area contributed by atoms with Gasteiger partial charge in [-0.25, -0.2) is 4.79 Å². The number of esters is 1. The number of ether oxygens (including phenoxy) is 1. The fourth-order valence-corrected chi connectivity index (χ4v) is 1.66. The minimum absolute atomic E-state index is 0.121. The summed E-state index contributed by atoms with van der Waals surface area (Å²) in [5, 5.41) is 7.72. The van der Waals surface area contributed by atoms with E-state index in [1.165, 1.54) is 6.21 Å². The third kappa shape index (κ3) is 4.60. The number of benzene rings is 2. The van der Waals surface area contributed by atoms with Crippen LogP contribution in [0.15, 0.2) is 58.7 Å². The lowest BCUT2D eigenvalue weighted by molar-refractivity contribution is 0.0735. The van der Waals surface area contributed by atoms with Crippen LogP contribution in [-0.4, -0.2) is 18.1 Å². The summed E-state index contributed by atoms with van der Waals surface area (Å²) < 4.78 is 5.24. The van der Waals surface area contributed by atoms with Crippen molar-refractivity contribution in [1.29, 1.82) is 0 Å². The van der Waals surface area contributed by atoms with Gasteiger partial charge in [0.2, 0.25) is 5.96 Å². The molecule has 0 aliphatic rings. The Morgan fingerprint density at radius 3 is 2.27 bits per heavy atom. The van der Waals surface area contributed by atoms with Gasteiger partial charge in [0.15, 0.2) is 0 Å². The highest BCUT2D eigenvalue weighted by Crippen LogP contribution is 2.15. The van der Waals surface area contributed by atoms with Crippen molar-refractivity contribution in [3.63, 3.8) is 0 Å². The molecule has 0 bridgehead atoms. The number of hydrogen-bond acceptors (Lipinski definition) is 4. The van der Waals surface area contributed by atoms with Crippen LogP contribution in [0.4, 0.5) is 0 Å². The van der Waals surface area contributed by atoms with E-state index in [2.05, 4.69) is 10.2 Å². The maximum absolute atomic E-state index is 11.9. The molecule has 0 unspecified atom stereocenters. The minimum Gasteiger partial charge on any atom is -0.423 e. The molecule has 22 heavy (non-hydrogen) atoms. The lowest BCUT2D eigenvalue weighted by Crippen LogP contribution is -2.21. The van der Waals surface area contributed by atoms with Crippen LogP contribution in [0.25, 0.3) is 0 Å². The van der Waals surface area contributed by atoms with Gasteiger partial charge in [-0.1, -0.05) is 11.6 Å². The van der Waals surface area contributed by atoms with Gasteiger partial charge in [0, 0.05) is 5.02 Å². The molecule has 6 nitrogen and oxygen atoms in total. The zero-order valence-corrected chi connectivity index (χ0v) is 12.2. The van der Waals surface area contributed by atoms with E-state index in [0.717, 1.165) is 5.56 Å². The largest absolute Gasteiger partial charge is 0.423 e. The predicted molar refractivity (Wildman–Crippen MR) is 86.3 cm³/mol. The molecule has 4 N–H and O–H groups in total. The van der Waals surface area contributed by atoms with Gasteiger partial charge < -0.3 is 16.2 Å². The Bertz CT molecular complexity index is 705. The SMILES string of the molecule is NC(N)=N/N=C\c1ccc(OC(=O)c2ccc(Cl)cc2)cc1. The van der Waals surface area contributed by atoms with Crippen molar-refractivity contribution < 1.29 is 9.53 Å². The van der Waals surface area contributed by atoms with Gasteiger partial charge in [-0.3, -0.25) is 0 Å². The van der Waals surface area contributed by atoms with Crippen LogP contribution in [0, 0.1) is 0 Å². The van der Waals surface area contributed by atoms with Gasteiger partial charge in [0.1, 0.15) is 5.75 Å². The molecule has 0 aliphatic heterocycles. The number of carbonyl (C=O) groups is 1. The molecule has 0 radical (unpaired) electrons. The van der Waals surface area contributed by atoms with Gasteiger partial charge in [-0.15, -0.1) is 5.10 Å². The molecule has 2 rings (SSSR count). The zero-order valence-electron chi connectivity index (χ0n) is 11.4. The standard InChI is InChI=1S/C15H13ClN4O2/c16-12-5-3-11(4-6-12)14(21)22-13-7-1-10(2-8-13)9-19-20-15(17)18/h1-9H,(H4,17,18,20)/b19-9-. The summed E-state index contributed by atoms with van der Waals surface area (Å²) in [6.07, 6.45) is 1.48. The summed E-state index contributed by atoms with van der Waals surface area (Å²) in [6.45, 7) is 0. The van der Waals surface area contributed by atoms with Crippen molar-refractivity contribution in [2.24, 2.45) is 21.7 Å². The first kappa shape index (κ1) is 15.5. The van der Waals surface area contributed by atoms with Gasteiger partial charge >= 0.3 is 5.97 Å². The quantitative estimate of drug-likeness (QED) is 0.296. The van der Waals surface area contributed by atoms with Crippen LogP contribution in [0.5, 0.6) is 5.75 Å². The smallest absolute Gasteiger partial charge is 0.343 e. The van der Waals surface area contributed by atoms with E-state index in [9.17, 15) is 4.79 Å². The second kappa shape index (κ2) is 7.24. The van der Waals surface area contributed by atoms with Crippen LogP contribution in [0.2, 0.25) is 5.02 Å². The van der Waals surface area contributed by atoms with Crippen molar-refractivity contribution in [3.05, 3.63) is 64.7 Å². The van der Waals surface area contributed by atoms with Crippen molar-refractivity contribution in [2.75, 3.05) is 0 Å². The number of halogens is 1. The highest BCUT2D eigenvalue weighted by atomic mass is 35.5. The fourth-order valence-electron chi connectivity index (χ4n) is 1.54. The van der Waals surface area contributed by atoms with Crippen molar-refractivity contribution in [1.82, 2.24) is 0 Å². The molecule has 0 fully saturated rings. The zero-order chi connectivity index (χ0) is 15.9. The Labute approximate surface area is 132 Å². The molecule has 0 spiro atoms. The predicted octanol–water partition coefficient (Wildman–Crippen LogP) is 2.17. The molecule has 0 atom stereocenters. The summed E-state index contributed by atoms with van der Waals surface area (Å²) in [6, 6.07) is 13.2. The van der Waals surface area contributed by atoms with Crippen LogP contribution in [0.1, 0.15) is 15.9 Å². The summed E-state index contributed by atoms with van der Waals surface area (Å²) in [5.74, 6) is -0.165.